The van der Waals surface area contributed by atoms with Gasteiger partial charge in [-0.15, -0.1) is 0 Å². The number of carbonyl (C=O) groups is 2. The molecule has 10 nitrogen and oxygen atoms in total. The fraction of sp³-hybridized carbons (Fsp3) is 0.548. The molecule has 2 aromatic rings. The Labute approximate surface area is 241 Å². The van der Waals surface area contributed by atoms with Crippen LogP contribution in [0.3, 0.4) is 0 Å². The van der Waals surface area contributed by atoms with E-state index in [0.717, 1.165) is 39.0 Å². The highest BCUT2D eigenvalue weighted by Crippen LogP contribution is 2.27. The van der Waals surface area contributed by atoms with E-state index in [9.17, 15) is 19.5 Å². The molecule has 3 N–H and O–H groups in total. The first-order valence-electron chi connectivity index (χ1n) is 14.9. The third-order valence-electron chi connectivity index (χ3n) is 8.56. The minimum absolute atomic E-state index is 0.0689. The second-order valence-corrected chi connectivity index (χ2v) is 11.7. The van der Waals surface area contributed by atoms with Crippen molar-refractivity contribution in [2.45, 2.75) is 57.6 Å². The maximum Gasteiger partial charge on any atom is 0.261 e. The van der Waals surface area contributed by atoms with E-state index >= 15 is 0 Å². The van der Waals surface area contributed by atoms with Crippen LogP contribution in [0.25, 0.3) is 10.9 Å². The number of rotatable bonds is 9. The van der Waals surface area contributed by atoms with Crippen LogP contribution in [0, 0.1) is 5.92 Å². The highest BCUT2D eigenvalue weighted by Gasteiger charge is 2.35. The number of carbonyl (C=O) groups excluding carboxylic acids is 2. The first kappa shape index (κ1) is 29.2. The van der Waals surface area contributed by atoms with E-state index in [2.05, 4.69) is 45.7 Å². The zero-order valence-corrected chi connectivity index (χ0v) is 24.0. The molecule has 220 valence electrons. The first-order valence-corrected chi connectivity index (χ1v) is 14.9. The lowest BCUT2D eigenvalue weighted by atomic mass is 9.89. The van der Waals surface area contributed by atoms with Crippen molar-refractivity contribution in [1.82, 2.24) is 24.7 Å². The van der Waals surface area contributed by atoms with Crippen LogP contribution in [0.1, 0.15) is 45.4 Å². The minimum atomic E-state index is -1.09. The Morgan fingerprint density at radius 1 is 1.15 bits per heavy atom. The van der Waals surface area contributed by atoms with Crippen LogP contribution in [0.15, 0.2) is 53.1 Å². The number of hydrogen-bond donors (Lipinski definition) is 3. The molecular formula is C31H42N6O4. The normalized spacial score (nSPS) is 20.0. The monoisotopic (exact) mass is 562 g/mol. The van der Waals surface area contributed by atoms with Gasteiger partial charge in [0.1, 0.15) is 0 Å². The van der Waals surface area contributed by atoms with Gasteiger partial charge in [0.2, 0.25) is 11.8 Å². The zero-order valence-electron chi connectivity index (χ0n) is 24.0. The van der Waals surface area contributed by atoms with Gasteiger partial charge in [-0.1, -0.05) is 25.2 Å². The largest absolute Gasteiger partial charge is 0.388 e. The van der Waals surface area contributed by atoms with Gasteiger partial charge in [0.05, 0.1) is 29.4 Å². The molecule has 1 atom stereocenters. The lowest BCUT2D eigenvalue weighted by Gasteiger charge is -2.38. The van der Waals surface area contributed by atoms with Gasteiger partial charge >= 0.3 is 0 Å². The predicted octanol–water partition coefficient (Wildman–Crippen LogP) is 2.29. The van der Waals surface area contributed by atoms with E-state index in [1.165, 1.54) is 16.5 Å². The molecule has 0 saturated carbocycles. The molecule has 1 aromatic carbocycles. The Bertz CT molecular complexity index is 1370. The second-order valence-electron chi connectivity index (χ2n) is 11.7. The van der Waals surface area contributed by atoms with Crippen molar-refractivity contribution >= 4 is 28.4 Å². The topological polar surface area (TPSA) is 120 Å². The van der Waals surface area contributed by atoms with Crippen LogP contribution in [-0.4, -0.2) is 87.7 Å². The van der Waals surface area contributed by atoms with Crippen molar-refractivity contribution in [3.63, 3.8) is 0 Å². The molecule has 5 rings (SSSR count). The van der Waals surface area contributed by atoms with Crippen LogP contribution < -0.4 is 16.2 Å². The highest BCUT2D eigenvalue weighted by atomic mass is 16.3. The molecule has 3 heterocycles. The molecule has 2 aliphatic heterocycles. The van der Waals surface area contributed by atoms with Crippen molar-refractivity contribution in [2.75, 3.05) is 51.1 Å². The molecule has 2 fully saturated rings. The molecule has 2 amide bonds. The fourth-order valence-corrected chi connectivity index (χ4v) is 5.92. The van der Waals surface area contributed by atoms with E-state index in [1.807, 2.05) is 4.90 Å². The van der Waals surface area contributed by atoms with Crippen LogP contribution in [0.2, 0.25) is 0 Å². The third kappa shape index (κ3) is 7.49. The Hall–Kier alpha value is -3.34. The zero-order chi connectivity index (χ0) is 28.8. The van der Waals surface area contributed by atoms with Crippen molar-refractivity contribution < 1.29 is 14.7 Å². The molecule has 1 aromatic heterocycles. The number of anilines is 1. The summed E-state index contributed by atoms with van der Waals surface area (Å²) in [5.74, 6) is 0.213. The molecule has 2 saturated heterocycles. The van der Waals surface area contributed by atoms with Gasteiger partial charge in [-0.25, -0.2) is 4.98 Å². The number of nitrogens with one attached hydrogen (secondary N) is 2. The fourth-order valence-electron chi connectivity index (χ4n) is 5.92. The average molecular weight is 563 g/mol. The van der Waals surface area contributed by atoms with Gasteiger partial charge in [-0.2, -0.15) is 0 Å². The molecule has 0 radical (unpaired) electrons. The summed E-state index contributed by atoms with van der Waals surface area (Å²) in [6.45, 7) is 7.63. The summed E-state index contributed by atoms with van der Waals surface area (Å²) in [6, 6.07) is 5.11. The average Bonchev–Trinajstić information content (AvgIpc) is 2.99. The minimum Gasteiger partial charge on any atom is -0.388 e. The predicted molar refractivity (Wildman–Crippen MR) is 160 cm³/mol. The summed E-state index contributed by atoms with van der Waals surface area (Å²) in [4.78, 5) is 47.2. The number of likely N-dealkylation sites (tertiary alicyclic amines) is 1. The number of aliphatic hydroxyl groups is 1. The van der Waals surface area contributed by atoms with E-state index in [4.69, 9.17) is 0 Å². The van der Waals surface area contributed by atoms with Crippen LogP contribution in [0.4, 0.5) is 5.69 Å². The molecule has 0 bridgehead atoms. The maximum atomic E-state index is 13.2. The number of piperazine rings is 1. The summed E-state index contributed by atoms with van der Waals surface area (Å²) in [6.07, 6.45) is 11.7. The number of benzene rings is 1. The number of nitrogens with zero attached hydrogens (tertiary/aromatic N) is 4. The van der Waals surface area contributed by atoms with Crippen molar-refractivity contribution in [3.8, 4) is 0 Å². The van der Waals surface area contributed by atoms with Crippen LogP contribution in [0.5, 0.6) is 0 Å². The van der Waals surface area contributed by atoms with Crippen molar-refractivity contribution in [3.05, 3.63) is 58.7 Å². The van der Waals surface area contributed by atoms with Crippen molar-refractivity contribution in [2.24, 2.45) is 5.92 Å². The first-order chi connectivity index (χ1) is 19.8. The van der Waals surface area contributed by atoms with Gasteiger partial charge in [-0.3, -0.25) is 19.0 Å². The van der Waals surface area contributed by atoms with Gasteiger partial charge in [0, 0.05) is 64.3 Å². The molecule has 1 aliphatic carbocycles. The molecule has 10 heteroatoms. The third-order valence-corrected chi connectivity index (χ3v) is 8.56. The number of amides is 2. The summed E-state index contributed by atoms with van der Waals surface area (Å²) >= 11 is 0. The lowest BCUT2D eigenvalue weighted by molar-refractivity contribution is -0.136. The Morgan fingerprint density at radius 3 is 2.66 bits per heavy atom. The summed E-state index contributed by atoms with van der Waals surface area (Å²) in [7, 11) is 0. The SMILES string of the molecule is C[C@@H](CC(=O)N1CCC(O)(Cn2cnc3cc(NC(=O)CCN4CCNCC4)ccc3c2=O)CC1)C1=CCCC=C1. The number of hydrogen-bond acceptors (Lipinski definition) is 7. The molecule has 0 spiro atoms. The highest BCUT2D eigenvalue weighted by molar-refractivity contribution is 5.93. The summed E-state index contributed by atoms with van der Waals surface area (Å²) < 4.78 is 1.45. The van der Waals surface area contributed by atoms with E-state index in [1.54, 1.807) is 18.2 Å². The Kier molecular flexibility index (Phi) is 9.32. The summed E-state index contributed by atoms with van der Waals surface area (Å²) in [5, 5.41) is 17.9. The molecule has 0 unspecified atom stereocenters. The number of aromatic nitrogens is 2. The lowest BCUT2D eigenvalue weighted by Crippen LogP contribution is -2.49. The van der Waals surface area contributed by atoms with Gasteiger partial charge < -0.3 is 25.5 Å². The maximum absolute atomic E-state index is 13.2. The second kappa shape index (κ2) is 13.1. The quantitative estimate of drug-likeness (QED) is 0.429. The van der Waals surface area contributed by atoms with E-state index in [0.29, 0.717) is 61.9 Å². The molecular weight excluding hydrogens is 520 g/mol. The van der Waals surface area contributed by atoms with Gasteiger partial charge in [-0.05, 0) is 55.4 Å². The summed E-state index contributed by atoms with van der Waals surface area (Å²) in [5.41, 5.74) is 1.00. The Balaban J connectivity index is 1.15. The molecule has 3 aliphatic rings. The van der Waals surface area contributed by atoms with Crippen LogP contribution >= 0.6 is 0 Å². The van der Waals surface area contributed by atoms with Crippen molar-refractivity contribution in [1.29, 1.82) is 0 Å². The molecule has 41 heavy (non-hydrogen) atoms. The van der Waals surface area contributed by atoms with E-state index < -0.39 is 5.60 Å². The van der Waals surface area contributed by atoms with E-state index in [-0.39, 0.29) is 29.8 Å². The standard InChI is InChI=1S/C31H42N6O4/c1-23(24-5-3-2-4-6-24)19-29(39)36-15-10-31(41,11-16-36)21-37-22-33-27-20-25(7-8-26(27)30(37)40)34-28(38)9-14-35-17-12-32-13-18-35/h3,5-8,20,22-23,32,41H,2,4,9-19,21H2,1H3,(H,34,38)/t23-/m0/s1. The number of piperidine rings is 1. The van der Waals surface area contributed by atoms with Crippen LogP contribution in [-0.2, 0) is 16.1 Å². The van der Waals surface area contributed by atoms with Gasteiger partial charge in [0.15, 0.2) is 0 Å². The number of fused-ring (bicyclic) bond motifs is 1. The smallest absolute Gasteiger partial charge is 0.261 e. The Morgan fingerprint density at radius 2 is 1.93 bits per heavy atom. The van der Waals surface area contributed by atoms with Gasteiger partial charge in [0.25, 0.3) is 5.56 Å². The number of allylic oxidation sites excluding steroid dienone is 4.